The minimum atomic E-state index is 0.0855. The van der Waals surface area contributed by atoms with Gasteiger partial charge in [-0.2, -0.15) is 15.0 Å². The molecule has 0 aliphatic rings. The highest BCUT2D eigenvalue weighted by atomic mass is 79.9. The Morgan fingerprint density at radius 1 is 1.29 bits per heavy atom. The molecule has 0 spiro atoms. The van der Waals surface area contributed by atoms with Crippen molar-refractivity contribution in [3.63, 3.8) is 0 Å². The van der Waals surface area contributed by atoms with Crippen molar-refractivity contribution in [3.05, 3.63) is 22.9 Å². The fourth-order valence-electron chi connectivity index (χ4n) is 1.13. The van der Waals surface area contributed by atoms with Gasteiger partial charge in [0.1, 0.15) is 0 Å². The number of pyridine rings is 1. The van der Waals surface area contributed by atoms with Gasteiger partial charge >= 0.3 is 6.01 Å². The van der Waals surface area contributed by atoms with Crippen LogP contribution in [0.25, 0.3) is 0 Å². The Hall–Kier alpha value is -1.96. The topological polar surface area (TPSA) is 98.8 Å². The molecule has 17 heavy (non-hydrogen) atoms. The highest BCUT2D eigenvalue weighted by Gasteiger charge is 2.05. The predicted octanol–water partition coefficient (Wildman–Crippen LogP) is 1.36. The SMILES string of the molecule is COc1nc(N)nc(Nc2cncc(Br)c2)n1. The maximum atomic E-state index is 5.51. The quantitative estimate of drug-likeness (QED) is 0.882. The van der Waals surface area contributed by atoms with Crippen LogP contribution in [0.4, 0.5) is 17.6 Å². The summed E-state index contributed by atoms with van der Waals surface area (Å²) in [6.45, 7) is 0. The number of nitrogens with zero attached hydrogens (tertiary/aromatic N) is 4. The second-order valence-electron chi connectivity index (χ2n) is 3.02. The maximum Gasteiger partial charge on any atom is 0.322 e. The molecular weight excluding hydrogens is 288 g/mol. The molecule has 0 aliphatic carbocycles. The zero-order valence-electron chi connectivity index (χ0n) is 8.88. The summed E-state index contributed by atoms with van der Waals surface area (Å²) < 4.78 is 5.73. The molecule has 2 rings (SSSR count). The Kier molecular flexibility index (Phi) is 3.33. The van der Waals surface area contributed by atoms with E-state index in [9.17, 15) is 0 Å². The number of nitrogens with one attached hydrogen (secondary N) is 1. The molecule has 3 N–H and O–H groups in total. The molecule has 2 aromatic heterocycles. The molecule has 2 aromatic rings. The van der Waals surface area contributed by atoms with Crippen molar-refractivity contribution in [2.24, 2.45) is 0 Å². The zero-order chi connectivity index (χ0) is 12.3. The summed E-state index contributed by atoms with van der Waals surface area (Å²) >= 11 is 3.31. The molecule has 0 unspecified atom stereocenters. The van der Waals surface area contributed by atoms with Crippen LogP contribution >= 0.6 is 15.9 Å². The smallest absolute Gasteiger partial charge is 0.322 e. The monoisotopic (exact) mass is 296 g/mol. The van der Waals surface area contributed by atoms with Crippen LogP contribution < -0.4 is 15.8 Å². The Morgan fingerprint density at radius 3 is 2.82 bits per heavy atom. The second kappa shape index (κ2) is 4.91. The standard InChI is InChI=1S/C9H9BrN6O/c1-17-9-15-7(11)14-8(16-9)13-6-2-5(10)3-12-4-6/h2-4H,1H3,(H3,11,13,14,15,16). The first kappa shape index (κ1) is 11.5. The Balaban J connectivity index is 2.26. The van der Waals surface area contributed by atoms with Crippen LogP contribution in [0.15, 0.2) is 22.9 Å². The van der Waals surface area contributed by atoms with Crippen molar-refractivity contribution in [1.82, 2.24) is 19.9 Å². The van der Waals surface area contributed by atoms with Gasteiger partial charge in [-0.1, -0.05) is 0 Å². The van der Waals surface area contributed by atoms with E-state index in [1.54, 1.807) is 12.4 Å². The molecule has 7 nitrogen and oxygen atoms in total. The zero-order valence-corrected chi connectivity index (χ0v) is 10.5. The third kappa shape index (κ3) is 3.00. The second-order valence-corrected chi connectivity index (χ2v) is 3.94. The van der Waals surface area contributed by atoms with Gasteiger partial charge in [0.15, 0.2) is 0 Å². The van der Waals surface area contributed by atoms with Gasteiger partial charge in [0.25, 0.3) is 0 Å². The van der Waals surface area contributed by atoms with Gasteiger partial charge in [0.2, 0.25) is 11.9 Å². The number of hydrogen-bond donors (Lipinski definition) is 2. The third-order valence-electron chi connectivity index (χ3n) is 1.78. The van der Waals surface area contributed by atoms with Crippen LogP contribution in [0.5, 0.6) is 6.01 Å². The summed E-state index contributed by atoms with van der Waals surface area (Å²) in [5, 5.41) is 2.95. The highest BCUT2D eigenvalue weighted by molar-refractivity contribution is 9.10. The van der Waals surface area contributed by atoms with Crippen LogP contribution in [0.2, 0.25) is 0 Å². The molecule has 2 heterocycles. The largest absolute Gasteiger partial charge is 0.467 e. The van der Waals surface area contributed by atoms with Gasteiger partial charge in [0.05, 0.1) is 19.0 Å². The summed E-state index contributed by atoms with van der Waals surface area (Å²) in [4.78, 5) is 15.7. The third-order valence-corrected chi connectivity index (χ3v) is 2.21. The molecule has 0 fully saturated rings. The van der Waals surface area contributed by atoms with E-state index >= 15 is 0 Å². The first-order valence-corrected chi connectivity index (χ1v) is 5.40. The Bertz CT molecular complexity index is 535. The fourth-order valence-corrected chi connectivity index (χ4v) is 1.49. The molecule has 88 valence electrons. The number of aromatic nitrogens is 4. The van der Waals surface area contributed by atoms with Gasteiger partial charge in [0, 0.05) is 10.7 Å². The molecule has 0 aromatic carbocycles. The summed E-state index contributed by atoms with van der Waals surface area (Å²) in [5.74, 6) is 0.386. The summed E-state index contributed by atoms with van der Waals surface area (Å²) in [7, 11) is 1.46. The summed E-state index contributed by atoms with van der Waals surface area (Å²) in [6.07, 6.45) is 3.31. The van der Waals surface area contributed by atoms with Crippen LogP contribution in [0.1, 0.15) is 0 Å². The maximum absolute atomic E-state index is 5.51. The number of nitrogens with two attached hydrogens (primary N) is 1. The molecule has 0 bridgehead atoms. The van der Waals surface area contributed by atoms with Crippen molar-refractivity contribution in [2.45, 2.75) is 0 Å². The van der Waals surface area contributed by atoms with E-state index in [1.165, 1.54) is 7.11 Å². The van der Waals surface area contributed by atoms with E-state index < -0.39 is 0 Å². The van der Waals surface area contributed by atoms with Crippen molar-refractivity contribution >= 4 is 33.5 Å². The van der Waals surface area contributed by atoms with E-state index in [4.69, 9.17) is 10.5 Å². The number of anilines is 3. The van der Waals surface area contributed by atoms with Gasteiger partial charge in [-0.25, -0.2) is 0 Å². The molecule has 0 saturated heterocycles. The number of ether oxygens (including phenoxy) is 1. The lowest BCUT2D eigenvalue weighted by Crippen LogP contribution is -2.05. The van der Waals surface area contributed by atoms with Crippen molar-refractivity contribution < 1.29 is 4.74 Å². The lowest BCUT2D eigenvalue weighted by molar-refractivity contribution is 0.380. The van der Waals surface area contributed by atoms with Crippen LogP contribution in [0, 0.1) is 0 Å². The average molecular weight is 297 g/mol. The van der Waals surface area contributed by atoms with Crippen molar-refractivity contribution in [1.29, 1.82) is 0 Å². The minimum Gasteiger partial charge on any atom is -0.467 e. The normalized spacial score (nSPS) is 10.0. The fraction of sp³-hybridized carbons (Fsp3) is 0.111. The lowest BCUT2D eigenvalue weighted by Gasteiger charge is -2.06. The molecule has 0 amide bonds. The van der Waals surface area contributed by atoms with E-state index in [0.29, 0.717) is 5.95 Å². The first-order chi connectivity index (χ1) is 8.17. The number of halogens is 1. The highest BCUT2D eigenvalue weighted by Crippen LogP contribution is 2.18. The van der Waals surface area contributed by atoms with Crippen LogP contribution in [0.3, 0.4) is 0 Å². The molecule has 0 atom stereocenters. The van der Waals surface area contributed by atoms with E-state index in [2.05, 4.69) is 41.2 Å². The first-order valence-electron chi connectivity index (χ1n) is 4.60. The summed E-state index contributed by atoms with van der Waals surface area (Å²) in [5.41, 5.74) is 6.24. The van der Waals surface area contributed by atoms with Crippen molar-refractivity contribution in [3.8, 4) is 6.01 Å². The van der Waals surface area contributed by atoms with Crippen molar-refractivity contribution in [2.75, 3.05) is 18.2 Å². The molecule has 0 aliphatic heterocycles. The number of nitrogen functional groups attached to an aromatic ring is 1. The van der Waals surface area contributed by atoms with Gasteiger partial charge < -0.3 is 15.8 Å². The Morgan fingerprint density at radius 2 is 2.12 bits per heavy atom. The van der Waals surface area contributed by atoms with Gasteiger partial charge in [-0.05, 0) is 22.0 Å². The summed E-state index contributed by atoms with van der Waals surface area (Å²) in [6, 6.07) is 1.99. The average Bonchev–Trinajstić information content (AvgIpc) is 2.28. The number of methoxy groups -OCH3 is 1. The van der Waals surface area contributed by atoms with Gasteiger partial charge in [-0.3, -0.25) is 4.98 Å². The molecule has 8 heteroatoms. The minimum absolute atomic E-state index is 0.0855. The van der Waals surface area contributed by atoms with Crippen LogP contribution in [-0.2, 0) is 0 Å². The number of hydrogen-bond acceptors (Lipinski definition) is 7. The van der Waals surface area contributed by atoms with Gasteiger partial charge in [-0.15, -0.1) is 0 Å². The van der Waals surface area contributed by atoms with E-state index in [1.807, 2.05) is 6.07 Å². The molecule has 0 saturated carbocycles. The predicted molar refractivity (Wildman–Crippen MR) is 66.0 cm³/mol. The molecule has 0 radical (unpaired) electrons. The van der Waals surface area contributed by atoms with E-state index in [0.717, 1.165) is 10.2 Å². The number of rotatable bonds is 3. The lowest BCUT2D eigenvalue weighted by atomic mass is 10.4. The Labute approximate surface area is 106 Å². The van der Waals surface area contributed by atoms with Crippen LogP contribution in [-0.4, -0.2) is 27.0 Å². The molecular formula is C9H9BrN6O. The van der Waals surface area contributed by atoms with E-state index in [-0.39, 0.29) is 12.0 Å².